The van der Waals surface area contributed by atoms with Crippen LogP contribution in [0, 0.1) is 0 Å². The third-order valence-corrected chi connectivity index (χ3v) is 3.86. The molecule has 3 rings (SSSR count). The van der Waals surface area contributed by atoms with Gasteiger partial charge in [-0.3, -0.25) is 4.79 Å². The molecule has 24 heavy (non-hydrogen) atoms. The fourth-order valence-electron chi connectivity index (χ4n) is 2.78. The van der Waals surface area contributed by atoms with Gasteiger partial charge in [-0.15, -0.1) is 0 Å². The van der Waals surface area contributed by atoms with E-state index in [0.29, 0.717) is 17.1 Å². The highest BCUT2D eigenvalue weighted by Crippen LogP contribution is 2.45. The van der Waals surface area contributed by atoms with Crippen molar-refractivity contribution in [2.45, 2.75) is 12.2 Å². The Balaban J connectivity index is 2.13. The summed E-state index contributed by atoms with van der Waals surface area (Å²) in [4.78, 5) is 12.4. The lowest BCUT2D eigenvalue weighted by atomic mass is 9.92. The summed E-state index contributed by atoms with van der Waals surface area (Å²) >= 11 is 0. The lowest BCUT2D eigenvalue weighted by Crippen LogP contribution is -2.36. The lowest BCUT2D eigenvalue weighted by Gasteiger charge is -2.31. The quantitative estimate of drug-likeness (QED) is 0.787. The van der Waals surface area contributed by atoms with E-state index in [1.54, 1.807) is 18.2 Å². The number of para-hydroxylation sites is 1. The van der Waals surface area contributed by atoms with Gasteiger partial charge in [0.25, 0.3) is 0 Å². The molecule has 7 nitrogen and oxygen atoms in total. The second-order valence-corrected chi connectivity index (χ2v) is 5.27. The van der Waals surface area contributed by atoms with E-state index in [1.807, 2.05) is 0 Å². The molecule has 2 aromatic rings. The molecule has 1 heterocycles. The molecule has 7 heteroatoms. The van der Waals surface area contributed by atoms with Crippen molar-refractivity contribution in [3.63, 3.8) is 0 Å². The van der Waals surface area contributed by atoms with Crippen molar-refractivity contribution in [2.75, 3.05) is 14.2 Å². The molecule has 0 radical (unpaired) electrons. The first-order chi connectivity index (χ1) is 11.5. The van der Waals surface area contributed by atoms with Gasteiger partial charge in [0, 0.05) is 17.7 Å². The van der Waals surface area contributed by atoms with Crippen molar-refractivity contribution in [3.05, 3.63) is 41.5 Å². The van der Waals surface area contributed by atoms with Gasteiger partial charge in [0.05, 0.1) is 14.2 Å². The number of hydrogen-bond donors (Lipinski definition) is 3. The summed E-state index contributed by atoms with van der Waals surface area (Å²) in [7, 11) is 2.90. The molecule has 2 atom stereocenters. The number of benzene rings is 2. The third-order valence-electron chi connectivity index (χ3n) is 3.86. The molecular formula is C17H16O7. The summed E-state index contributed by atoms with van der Waals surface area (Å²) < 4.78 is 16.2. The van der Waals surface area contributed by atoms with E-state index in [2.05, 4.69) is 0 Å². The number of phenolic OH excluding ortho intramolecular Hbond substituents is 2. The molecule has 1 aliphatic heterocycles. The van der Waals surface area contributed by atoms with Crippen LogP contribution >= 0.6 is 0 Å². The molecule has 0 amide bonds. The Morgan fingerprint density at radius 3 is 2.54 bits per heavy atom. The topological polar surface area (TPSA) is 105 Å². The van der Waals surface area contributed by atoms with E-state index in [9.17, 15) is 20.1 Å². The Morgan fingerprint density at radius 2 is 1.88 bits per heavy atom. The molecule has 0 spiro atoms. The number of carbonyl (C=O) groups excluding carboxylic acids is 1. The van der Waals surface area contributed by atoms with Gasteiger partial charge in [0.1, 0.15) is 22.8 Å². The van der Waals surface area contributed by atoms with Crippen LogP contribution < -0.4 is 14.2 Å². The zero-order valence-corrected chi connectivity index (χ0v) is 13.0. The first kappa shape index (κ1) is 15.9. The molecule has 1 aliphatic rings. The van der Waals surface area contributed by atoms with Gasteiger partial charge in [-0.2, -0.15) is 0 Å². The SMILES string of the molecule is COc1cccc([C@@H]2Oc3cc(O)cc(O)c3C(=O)[C@H]2O)c1OC. The number of ether oxygens (including phenoxy) is 3. The molecule has 0 bridgehead atoms. The molecule has 0 saturated heterocycles. The van der Waals surface area contributed by atoms with E-state index in [0.717, 1.165) is 6.07 Å². The number of phenols is 2. The smallest absolute Gasteiger partial charge is 0.202 e. The zero-order valence-electron chi connectivity index (χ0n) is 13.0. The largest absolute Gasteiger partial charge is 0.508 e. The Labute approximate surface area is 137 Å². The molecule has 0 fully saturated rings. The standard InChI is InChI=1S/C17H16O7/c1-22-11-5-3-4-9(16(11)23-2)17-15(21)14(20)13-10(19)6-8(18)7-12(13)24-17/h3-7,15,17-19,21H,1-2H3/t15-,17+/m1/s1. The van der Waals surface area contributed by atoms with Crippen LogP contribution in [0.3, 0.4) is 0 Å². The van der Waals surface area contributed by atoms with Crippen molar-refractivity contribution in [3.8, 4) is 28.7 Å². The number of rotatable bonds is 3. The number of aromatic hydroxyl groups is 2. The van der Waals surface area contributed by atoms with Crippen LogP contribution in [0.1, 0.15) is 22.0 Å². The van der Waals surface area contributed by atoms with Gasteiger partial charge in [-0.25, -0.2) is 0 Å². The Kier molecular flexibility index (Phi) is 3.94. The summed E-state index contributed by atoms with van der Waals surface area (Å²) in [5.41, 5.74) is 0.240. The number of Topliss-reactive ketones (excluding diaryl/α,β-unsaturated/α-hetero) is 1. The van der Waals surface area contributed by atoms with Gasteiger partial charge in [0.2, 0.25) is 5.78 Å². The monoisotopic (exact) mass is 332 g/mol. The highest BCUT2D eigenvalue weighted by atomic mass is 16.5. The van der Waals surface area contributed by atoms with E-state index in [-0.39, 0.29) is 17.1 Å². The van der Waals surface area contributed by atoms with Crippen molar-refractivity contribution >= 4 is 5.78 Å². The van der Waals surface area contributed by atoms with Crippen molar-refractivity contribution in [2.24, 2.45) is 0 Å². The predicted octanol–water partition coefficient (Wildman–Crippen LogP) is 1.79. The Hall–Kier alpha value is -2.93. The zero-order chi connectivity index (χ0) is 17.4. The maximum Gasteiger partial charge on any atom is 0.202 e. The van der Waals surface area contributed by atoms with E-state index < -0.39 is 23.7 Å². The average Bonchev–Trinajstić information content (AvgIpc) is 2.56. The molecule has 0 aliphatic carbocycles. The molecule has 3 N–H and O–H groups in total. The van der Waals surface area contributed by atoms with Crippen molar-refractivity contribution in [1.82, 2.24) is 0 Å². The molecular weight excluding hydrogens is 316 g/mol. The van der Waals surface area contributed by atoms with Gasteiger partial charge >= 0.3 is 0 Å². The first-order valence-electron chi connectivity index (χ1n) is 7.13. The average molecular weight is 332 g/mol. The number of aliphatic hydroxyl groups is 1. The maximum absolute atomic E-state index is 12.4. The minimum Gasteiger partial charge on any atom is -0.508 e. The number of fused-ring (bicyclic) bond motifs is 1. The fraction of sp³-hybridized carbons (Fsp3) is 0.235. The summed E-state index contributed by atoms with van der Waals surface area (Å²) in [6.07, 6.45) is -2.62. The van der Waals surface area contributed by atoms with Crippen LogP contribution in [0.2, 0.25) is 0 Å². The summed E-state index contributed by atoms with van der Waals surface area (Å²) in [6, 6.07) is 7.20. The summed E-state index contributed by atoms with van der Waals surface area (Å²) in [6.45, 7) is 0. The van der Waals surface area contributed by atoms with Crippen LogP contribution in [0.25, 0.3) is 0 Å². The molecule has 0 unspecified atom stereocenters. The maximum atomic E-state index is 12.4. The lowest BCUT2D eigenvalue weighted by molar-refractivity contribution is 0.0201. The van der Waals surface area contributed by atoms with Crippen LogP contribution in [-0.4, -0.2) is 41.4 Å². The number of carbonyl (C=O) groups is 1. The Morgan fingerprint density at radius 1 is 1.12 bits per heavy atom. The van der Waals surface area contributed by atoms with E-state index in [4.69, 9.17) is 14.2 Å². The van der Waals surface area contributed by atoms with Gasteiger partial charge in [-0.05, 0) is 6.07 Å². The van der Waals surface area contributed by atoms with Crippen LogP contribution in [-0.2, 0) is 0 Å². The van der Waals surface area contributed by atoms with Gasteiger partial charge in [0.15, 0.2) is 23.7 Å². The van der Waals surface area contributed by atoms with E-state index in [1.165, 1.54) is 20.3 Å². The number of ketones is 1. The number of hydrogen-bond acceptors (Lipinski definition) is 7. The molecule has 126 valence electrons. The van der Waals surface area contributed by atoms with Crippen LogP contribution in [0.15, 0.2) is 30.3 Å². The second kappa shape index (κ2) is 5.93. The molecule has 0 saturated carbocycles. The second-order valence-electron chi connectivity index (χ2n) is 5.27. The van der Waals surface area contributed by atoms with Crippen molar-refractivity contribution < 1.29 is 34.3 Å². The predicted molar refractivity (Wildman–Crippen MR) is 83.0 cm³/mol. The Bertz CT molecular complexity index is 800. The van der Waals surface area contributed by atoms with Crippen molar-refractivity contribution in [1.29, 1.82) is 0 Å². The first-order valence-corrected chi connectivity index (χ1v) is 7.13. The highest BCUT2D eigenvalue weighted by Gasteiger charge is 2.40. The molecule has 0 aromatic heterocycles. The summed E-state index contributed by atoms with van der Waals surface area (Å²) in [5.74, 6) is -0.689. The van der Waals surface area contributed by atoms with Gasteiger partial charge < -0.3 is 29.5 Å². The minimum atomic E-state index is -1.55. The van der Waals surface area contributed by atoms with Crippen LogP contribution in [0.4, 0.5) is 0 Å². The normalized spacial score (nSPS) is 19.4. The number of aliphatic hydroxyl groups excluding tert-OH is 1. The fourth-order valence-corrected chi connectivity index (χ4v) is 2.78. The summed E-state index contributed by atoms with van der Waals surface area (Å²) in [5, 5.41) is 29.8. The third kappa shape index (κ3) is 2.39. The minimum absolute atomic E-state index is 0.0160. The highest BCUT2D eigenvalue weighted by molar-refractivity contribution is 6.05. The van der Waals surface area contributed by atoms with Crippen LogP contribution in [0.5, 0.6) is 28.7 Å². The number of methoxy groups -OCH3 is 2. The van der Waals surface area contributed by atoms with Gasteiger partial charge in [-0.1, -0.05) is 12.1 Å². The molecule has 2 aromatic carbocycles. The van der Waals surface area contributed by atoms with E-state index >= 15 is 0 Å².